The summed E-state index contributed by atoms with van der Waals surface area (Å²) >= 11 is 0. The molecule has 0 bridgehead atoms. The van der Waals surface area contributed by atoms with Crippen molar-refractivity contribution in [2.24, 2.45) is 0 Å². The molecule has 1 amide bonds. The first-order valence-electron chi connectivity index (χ1n) is 9.58. The van der Waals surface area contributed by atoms with E-state index in [-0.39, 0.29) is 11.9 Å². The highest BCUT2D eigenvalue weighted by molar-refractivity contribution is 5.94. The fourth-order valence-corrected chi connectivity index (χ4v) is 3.04. The lowest BCUT2D eigenvalue weighted by Crippen LogP contribution is -2.14. The Morgan fingerprint density at radius 1 is 1.18 bits per heavy atom. The third-order valence-corrected chi connectivity index (χ3v) is 4.53. The molecule has 2 heterocycles. The topological polar surface area (TPSA) is 72.7 Å². The Bertz CT molecular complexity index is 978. The number of amides is 1. The van der Waals surface area contributed by atoms with E-state index < -0.39 is 0 Å². The highest BCUT2D eigenvalue weighted by Gasteiger charge is 2.12. The number of hydrogen-bond donors (Lipinski definition) is 1. The van der Waals surface area contributed by atoms with E-state index in [9.17, 15) is 9.59 Å². The molecule has 146 valence electrons. The molecule has 0 aliphatic rings. The number of ether oxygens (including phenoxy) is 1. The van der Waals surface area contributed by atoms with E-state index in [1.165, 1.54) is 0 Å². The summed E-state index contributed by atoms with van der Waals surface area (Å²) < 4.78 is 7.23. The van der Waals surface area contributed by atoms with Gasteiger partial charge >= 0.3 is 5.97 Å². The van der Waals surface area contributed by atoms with Gasteiger partial charge in [-0.25, -0.2) is 9.78 Å². The first-order valence-corrected chi connectivity index (χ1v) is 9.58. The maximum atomic E-state index is 12.4. The Labute approximate surface area is 164 Å². The number of hydrogen-bond acceptors (Lipinski definition) is 4. The van der Waals surface area contributed by atoms with Gasteiger partial charge in [0.1, 0.15) is 5.65 Å². The average molecular weight is 379 g/mol. The summed E-state index contributed by atoms with van der Waals surface area (Å²) in [4.78, 5) is 29.0. The van der Waals surface area contributed by atoms with E-state index in [1.54, 1.807) is 24.3 Å². The van der Waals surface area contributed by atoms with E-state index in [0.29, 0.717) is 30.7 Å². The van der Waals surface area contributed by atoms with Crippen molar-refractivity contribution in [1.29, 1.82) is 0 Å². The van der Waals surface area contributed by atoms with Gasteiger partial charge in [0.05, 0.1) is 17.9 Å². The second-order valence-electron chi connectivity index (χ2n) is 6.69. The second-order valence-corrected chi connectivity index (χ2v) is 6.69. The zero-order chi connectivity index (χ0) is 19.9. The Balaban J connectivity index is 1.59. The van der Waals surface area contributed by atoms with Crippen LogP contribution in [0, 0.1) is 6.92 Å². The summed E-state index contributed by atoms with van der Waals surface area (Å²) in [6.45, 7) is 4.40. The van der Waals surface area contributed by atoms with Crippen LogP contribution in [0.2, 0.25) is 0 Å². The van der Waals surface area contributed by atoms with Gasteiger partial charge in [-0.05, 0) is 50.1 Å². The van der Waals surface area contributed by atoms with Crippen molar-refractivity contribution in [1.82, 2.24) is 9.38 Å². The van der Waals surface area contributed by atoms with Crippen molar-refractivity contribution in [3.63, 3.8) is 0 Å². The minimum Gasteiger partial charge on any atom is -0.462 e. The monoisotopic (exact) mass is 379 g/mol. The number of pyridine rings is 1. The van der Waals surface area contributed by atoms with Gasteiger partial charge in [-0.15, -0.1) is 0 Å². The van der Waals surface area contributed by atoms with Gasteiger partial charge in [0.15, 0.2) is 0 Å². The molecule has 3 aromatic rings. The van der Waals surface area contributed by atoms with Crippen LogP contribution in [0.4, 0.5) is 5.69 Å². The summed E-state index contributed by atoms with van der Waals surface area (Å²) in [6, 6.07) is 12.7. The fraction of sp³-hybridized carbons (Fsp3) is 0.318. The van der Waals surface area contributed by atoms with E-state index in [2.05, 4.69) is 10.3 Å². The first-order chi connectivity index (χ1) is 13.6. The number of aromatic nitrogens is 2. The highest BCUT2D eigenvalue weighted by atomic mass is 16.5. The SMILES string of the molecule is CCCCOC(=O)c1cccc(NC(=O)CCc2c(C)nc3ccccn23)c1. The minimum absolute atomic E-state index is 0.109. The number of fused-ring (bicyclic) bond motifs is 1. The van der Waals surface area contributed by atoms with E-state index >= 15 is 0 Å². The lowest BCUT2D eigenvalue weighted by atomic mass is 10.1. The lowest BCUT2D eigenvalue weighted by molar-refractivity contribution is -0.116. The number of unbranched alkanes of at least 4 members (excludes halogenated alkanes) is 1. The molecule has 0 spiro atoms. The average Bonchev–Trinajstić information content (AvgIpc) is 3.01. The van der Waals surface area contributed by atoms with Crippen LogP contribution in [-0.2, 0) is 16.0 Å². The van der Waals surface area contributed by atoms with Gasteiger partial charge in [0.25, 0.3) is 0 Å². The summed E-state index contributed by atoms with van der Waals surface area (Å²) in [5.74, 6) is -0.479. The number of nitrogens with one attached hydrogen (secondary N) is 1. The standard InChI is InChI=1S/C22H25N3O3/c1-3-4-14-28-22(27)17-8-7-9-18(15-17)24-21(26)12-11-19-16(2)23-20-10-5-6-13-25(19)20/h5-10,13,15H,3-4,11-12,14H2,1-2H3,(H,24,26). The molecule has 6 nitrogen and oxygen atoms in total. The van der Waals surface area contributed by atoms with Crippen molar-refractivity contribution >= 4 is 23.2 Å². The lowest BCUT2D eigenvalue weighted by Gasteiger charge is -2.08. The maximum absolute atomic E-state index is 12.4. The van der Waals surface area contributed by atoms with Crippen molar-refractivity contribution in [3.05, 3.63) is 65.6 Å². The molecule has 0 aliphatic carbocycles. The molecule has 6 heteroatoms. The van der Waals surface area contributed by atoms with Gasteiger partial charge in [-0.3, -0.25) is 4.79 Å². The molecular formula is C22H25N3O3. The van der Waals surface area contributed by atoms with Crippen LogP contribution in [0.3, 0.4) is 0 Å². The number of aryl methyl sites for hydroxylation is 2. The molecule has 3 rings (SSSR count). The Morgan fingerprint density at radius 3 is 2.86 bits per heavy atom. The molecule has 0 fully saturated rings. The van der Waals surface area contributed by atoms with Crippen LogP contribution < -0.4 is 5.32 Å². The van der Waals surface area contributed by atoms with E-state index in [0.717, 1.165) is 29.9 Å². The first kappa shape index (κ1) is 19.6. The smallest absolute Gasteiger partial charge is 0.338 e. The Morgan fingerprint density at radius 2 is 2.04 bits per heavy atom. The van der Waals surface area contributed by atoms with Gasteiger partial charge in [0, 0.05) is 24.0 Å². The maximum Gasteiger partial charge on any atom is 0.338 e. The van der Waals surface area contributed by atoms with Crippen molar-refractivity contribution in [2.75, 3.05) is 11.9 Å². The molecule has 0 aliphatic heterocycles. The number of carbonyl (C=O) groups is 2. The molecule has 0 unspecified atom stereocenters. The number of anilines is 1. The van der Waals surface area contributed by atoms with Crippen LogP contribution in [0.15, 0.2) is 48.7 Å². The highest BCUT2D eigenvalue weighted by Crippen LogP contribution is 2.16. The molecule has 0 radical (unpaired) electrons. The summed E-state index contributed by atoms with van der Waals surface area (Å²) in [7, 11) is 0. The number of imidazole rings is 1. The number of carbonyl (C=O) groups excluding carboxylic acids is 2. The molecule has 2 aromatic heterocycles. The van der Waals surface area contributed by atoms with Gasteiger partial charge in [-0.1, -0.05) is 25.5 Å². The van der Waals surface area contributed by atoms with Crippen molar-refractivity contribution < 1.29 is 14.3 Å². The number of esters is 1. The van der Waals surface area contributed by atoms with Crippen LogP contribution >= 0.6 is 0 Å². The molecule has 0 saturated carbocycles. The molecular weight excluding hydrogens is 354 g/mol. The van der Waals surface area contributed by atoms with E-state index in [1.807, 2.05) is 42.6 Å². The zero-order valence-corrected chi connectivity index (χ0v) is 16.3. The van der Waals surface area contributed by atoms with Crippen LogP contribution in [0.25, 0.3) is 5.65 Å². The number of rotatable bonds is 8. The quantitative estimate of drug-likeness (QED) is 0.471. The predicted octanol–water partition coefficient (Wildman–Crippen LogP) is 4.17. The van der Waals surface area contributed by atoms with Crippen LogP contribution in [0.1, 0.15) is 47.9 Å². The van der Waals surface area contributed by atoms with Crippen LogP contribution in [-0.4, -0.2) is 27.9 Å². The molecule has 0 atom stereocenters. The number of benzene rings is 1. The van der Waals surface area contributed by atoms with Crippen molar-refractivity contribution in [3.8, 4) is 0 Å². The number of nitrogens with zero attached hydrogens (tertiary/aromatic N) is 2. The minimum atomic E-state index is -0.370. The summed E-state index contributed by atoms with van der Waals surface area (Å²) in [6.07, 6.45) is 4.67. The molecule has 28 heavy (non-hydrogen) atoms. The van der Waals surface area contributed by atoms with Gasteiger partial charge in [-0.2, -0.15) is 0 Å². The summed E-state index contributed by atoms with van der Waals surface area (Å²) in [5.41, 5.74) is 3.86. The zero-order valence-electron chi connectivity index (χ0n) is 16.3. The molecule has 1 aromatic carbocycles. The van der Waals surface area contributed by atoms with Crippen LogP contribution in [0.5, 0.6) is 0 Å². The fourth-order valence-electron chi connectivity index (χ4n) is 3.04. The third-order valence-electron chi connectivity index (χ3n) is 4.53. The largest absolute Gasteiger partial charge is 0.462 e. The van der Waals surface area contributed by atoms with Crippen molar-refractivity contribution in [2.45, 2.75) is 39.5 Å². The third kappa shape index (κ3) is 4.76. The normalized spacial score (nSPS) is 10.8. The second kappa shape index (κ2) is 9.17. The summed E-state index contributed by atoms with van der Waals surface area (Å²) in [5, 5.41) is 2.86. The van der Waals surface area contributed by atoms with Gasteiger partial charge in [0.2, 0.25) is 5.91 Å². The molecule has 0 saturated heterocycles. The molecule has 1 N–H and O–H groups in total. The predicted molar refractivity (Wildman–Crippen MR) is 109 cm³/mol. The van der Waals surface area contributed by atoms with E-state index in [4.69, 9.17) is 4.74 Å². The van der Waals surface area contributed by atoms with Gasteiger partial charge < -0.3 is 14.5 Å². The Hall–Kier alpha value is -3.15. The Kier molecular flexibility index (Phi) is 6.42.